The maximum absolute atomic E-state index is 11.3. The largest absolute Gasteiger partial charge is 1.01 e. The average molecular weight is 187 g/mol. The summed E-state index contributed by atoms with van der Waals surface area (Å²) in [4.78, 5) is 10.2. The second-order valence-electron chi connectivity index (χ2n) is 1.82. The van der Waals surface area contributed by atoms with Gasteiger partial charge in [-0.15, -0.1) is 0 Å². The van der Waals surface area contributed by atoms with Crippen molar-refractivity contribution in [2.45, 2.75) is 25.2 Å². The van der Waals surface area contributed by atoms with Crippen molar-refractivity contribution in [3.05, 3.63) is 0 Å². The Morgan fingerprint density at radius 1 is 1.25 bits per heavy atom. The summed E-state index contributed by atoms with van der Waals surface area (Å²) in [7, 11) is -1.94. The van der Waals surface area contributed by atoms with E-state index in [2.05, 4.69) is 0 Å². The number of halogens is 3. The number of hydrogen-bond acceptors (Lipinski definition) is 2. The van der Waals surface area contributed by atoms with Crippen LogP contribution in [-0.2, 0) is 0 Å². The zero-order valence-electron chi connectivity index (χ0n) is 7.40. The van der Waals surface area contributed by atoms with E-state index in [0.717, 1.165) is 0 Å². The quantitative estimate of drug-likeness (QED) is 0.405. The normalized spacial score (nSPS) is 9.50. The van der Waals surface area contributed by atoms with Crippen LogP contribution in [0.5, 0.6) is 0 Å². The second-order valence-corrected chi connectivity index (χ2v) is 3.72. The molecule has 64 valence electrons. The van der Waals surface area contributed by atoms with Crippen molar-refractivity contribution < 1.29 is 61.2 Å². The minimum Gasteiger partial charge on any atom is -1.01 e. The minimum atomic E-state index is -4.14. The molecule has 0 unspecified atom stereocenters. The molecule has 0 heterocycles. The van der Waals surface area contributed by atoms with Gasteiger partial charge in [-0.05, 0) is 0 Å². The average Bonchev–Trinajstić information content (AvgIpc) is 1.59. The SMILES string of the molecule is C[Si-]([O-])CCC(F)(F)F.[Li+].[Li+].[OH-]. The second kappa shape index (κ2) is 10.2. The Kier molecular flexibility index (Phi) is 19.7. The monoisotopic (exact) mass is 187 g/mol. The third kappa shape index (κ3) is 22.5. The van der Waals surface area contributed by atoms with Gasteiger partial charge in [-0.1, -0.05) is 0 Å². The summed E-state index contributed by atoms with van der Waals surface area (Å²) in [6.07, 6.45) is -5.06. The first-order valence-electron chi connectivity index (χ1n) is 2.48. The van der Waals surface area contributed by atoms with Crippen LogP contribution in [0.25, 0.3) is 0 Å². The minimum absolute atomic E-state index is 0. The first-order chi connectivity index (χ1) is 3.92. The van der Waals surface area contributed by atoms with Gasteiger partial charge >= 0.3 is 43.9 Å². The summed E-state index contributed by atoms with van der Waals surface area (Å²) in [6.45, 7) is 1.33. The van der Waals surface area contributed by atoms with Gasteiger partial charge in [0.25, 0.3) is 0 Å². The van der Waals surface area contributed by atoms with Crippen LogP contribution in [0.3, 0.4) is 0 Å². The number of rotatable bonds is 2. The molecule has 0 spiro atoms. The predicted octanol–water partition coefficient (Wildman–Crippen LogP) is -5.25. The standard InChI is InChI=1S/C4H7F3OSi.2Li.H2O/c1-9(8)3-2-4(5,6)7;;;/h2-3H2,1H3;;;1H2/q-2;2*+1;/p-1. The summed E-state index contributed by atoms with van der Waals surface area (Å²) in [5, 5.41) is 0. The van der Waals surface area contributed by atoms with Gasteiger partial charge in [0.15, 0.2) is 0 Å². The maximum Gasteiger partial charge on any atom is 1.00 e. The summed E-state index contributed by atoms with van der Waals surface area (Å²) in [5.41, 5.74) is 0. The van der Waals surface area contributed by atoms with Gasteiger partial charge in [-0.2, -0.15) is 13.2 Å². The van der Waals surface area contributed by atoms with Crippen LogP contribution in [0.1, 0.15) is 6.42 Å². The van der Waals surface area contributed by atoms with Gasteiger partial charge in [0.1, 0.15) is 0 Å². The van der Waals surface area contributed by atoms with Gasteiger partial charge in [0.05, 0.1) is 0 Å². The maximum atomic E-state index is 11.3. The molecule has 0 rings (SSSR count). The Labute approximate surface area is 95.3 Å². The molecule has 0 aromatic rings. The predicted molar refractivity (Wildman–Crippen MR) is 29.0 cm³/mol. The van der Waals surface area contributed by atoms with E-state index in [0.29, 0.717) is 0 Å². The molecule has 0 bridgehead atoms. The van der Waals surface area contributed by atoms with Crippen molar-refractivity contribution in [3.63, 3.8) is 0 Å². The van der Waals surface area contributed by atoms with E-state index in [1.807, 2.05) is 0 Å². The van der Waals surface area contributed by atoms with Crippen LogP contribution in [0.4, 0.5) is 13.2 Å². The molecule has 0 amide bonds. The molecule has 0 saturated carbocycles. The fourth-order valence-corrected chi connectivity index (χ4v) is 0.953. The third-order valence-corrected chi connectivity index (χ3v) is 1.71. The summed E-state index contributed by atoms with van der Waals surface area (Å²) < 4.78 is 33.9. The van der Waals surface area contributed by atoms with Gasteiger partial charge in [0, 0.05) is 6.42 Å². The van der Waals surface area contributed by atoms with Crippen molar-refractivity contribution in [1.82, 2.24) is 0 Å². The molecule has 0 aliphatic heterocycles. The van der Waals surface area contributed by atoms with E-state index in [9.17, 15) is 18.0 Å². The first kappa shape index (κ1) is 23.2. The Morgan fingerprint density at radius 2 is 1.58 bits per heavy atom. The van der Waals surface area contributed by atoms with Crippen molar-refractivity contribution in [2.75, 3.05) is 0 Å². The number of hydrogen-bond donors (Lipinski definition) is 0. The van der Waals surface area contributed by atoms with E-state index in [-0.39, 0.29) is 49.2 Å². The van der Waals surface area contributed by atoms with Crippen molar-refractivity contribution in [3.8, 4) is 0 Å². The van der Waals surface area contributed by atoms with Crippen LogP contribution in [0.15, 0.2) is 0 Å². The zero-order chi connectivity index (χ0) is 7.49. The van der Waals surface area contributed by atoms with Crippen molar-refractivity contribution in [1.29, 1.82) is 0 Å². The van der Waals surface area contributed by atoms with E-state index in [4.69, 9.17) is 0 Å². The summed E-state index contributed by atoms with van der Waals surface area (Å²) in [6, 6.07) is -0.214. The fraction of sp³-hybridized carbons (Fsp3) is 1.00. The van der Waals surface area contributed by atoms with Crippen LogP contribution in [0.2, 0.25) is 12.6 Å². The molecule has 2 nitrogen and oxygen atoms in total. The Hall–Kier alpha value is 1.12. The van der Waals surface area contributed by atoms with E-state index < -0.39 is 21.6 Å². The molecular formula is C4H8F3Li2O2Si-. The van der Waals surface area contributed by atoms with Crippen LogP contribution >= 0.6 is 0 Å². The van der Waals surface area contributed by atoms with Gasteiger partial charge in [0.2, 0.25) is 0 Å². The zero-order valence-corrected chi connectivity index (χ0v) is 8.40. The molecule has 12 heavy (non-hydrogen) atoms. The number of alkyl halides is 3. The molecule has 0 aromatic carbocycles. The third-order valence-electron chi connectivity index (χ3n) is 0.761. The molecule has 0 atom stereocenters. The van der Waals surface area contributed by atoms with Crippen molar-refractivity contribution >= 4 is 9.04 Å². The first-order valence-corrected chi connectivity index (χ1v) is 4.59. The van der Waals surface area contributed by atoms with Crippen LogP contribution in [-0.4, -0.2) is 20.7 Å². The van der Waals surface area contributed by atoms with Gasteiger partial charge in [-0.25, -0.2) is 12.6 Å². The molecule has 0 aliphatic rings. The van der Waals surface area contributed by atoms with Gasteiger partial charge in [-0.3, -0.25) is 0 Å². The molecule has 0 radical (unpaired) electrons. The summed E-state index contributed by atoms with van der Waals surface area (Å²) in [5.74, 6) is 0. The van der Waals surface area contributed by atoms with E-state index in [1.165, 1.54) is 6.55 Å². The van der Waals surface area contributed by atoms with Crippen LogP contribution < -0.4 is 42.5 Å². The smallest absolute Gasteiger partial charge is 1.00 e. The van der Waals surface area contributed by atoms with E-state index in [1.54, 1.807) is 0 Å². The molecule has 0 aliphatic carbocycles. The molecule has 0 fully saturated rings. The molecule has 1 N–H and O–H groups in total. The summed E-state index contributed by atoms with van der Waals surface area (Å²) >= 11 is 0. The molecule has 8 heteroatoms. The Balaban J connectivity index is -0.000000107. The van der Waals surface area contributed by atoms with Gasteiger partial charge < -0.3 is 19.3 Å². The topological polar surface area (TPSA) is 53.1 Å². The molecule has 0 aromatic heterocycles. The molecular weight excluding hydrogens is 179 g/mol. The Bertz CT molecular complexity index is 90.9. The van der Waals surface area contributed by atoms with E-state index >= 15 is 0 Å². The van der Waals surface area contributed by atoms with Crippen molar-refractivity contribution in [2.24, 2.45) is 0 Å². The fourth-order valence-electron chi connectivity index (χ4n) is 0.318. The molecule has 0 saturated heterocycles. The van der Waals surface area contributed by atoms with Crippen LogP contribution in [0, 0.1) is 0 Å². The Morgan fingerprint density at radius 3 is 1.67 bits per heavy atom.